The van der Waals surface area contributed by atoms with Gasteiger partial charge in [0.2, 0.25) is 18.1 Å². The lowest BCUT2D eigenvalue weighted by Gasteiger charge is -2.30. The van der Waals surface area contributed by atoms with Crippen LogP contribution in [0.2, 0.25) is 0 Å². The van der Waals surface area contributed by atoms with Crippen LogP contribution in [0.15, 0.2) is 73.1 Å². The van der Waals surface area contributed by atoms with Gasteiger partial charge in [-0.15, -0.1) is 0 Å². The summed E-state index contributed by atoms with van der Waals surface area (Å²) in [6.45, 7) is 11.6. The number of ether oxygens (including phenoxy) is 12. The van der Waals surface area contributed by atoms with Crippen LogP contribution < -0.4 is 32.4 Å². The number of Topliss-reactive ketones (excluding diaryl/α,β-unsaturated/α-hetero) is 1. The zero-order chi connectivity index (χ0) is 60.4. The number of nitrogens with zero attached hydrogens (tertiary/aromatic N) is 3. The van der Waals surface area contributed by atoms with Crippen molar-refractivity contribution in [3.05, 3.63) is 84.2 Å². The molecule has 448 valence electrons. The van der Waals surface area contributed by atoms with Gasteiger partial charge in [0.15, 0.2) is 61.2 Å². The van der Waals surface area contributed by atoms with E-state index in [-0.39, 0.29) is 43.6 Å². The SMILES string of the molecule is CC(=O)OC[C@H]1O[C@@H](N2C=CCC(C(N)=O)=C2)[C@H](OC(C)=O)[C@@H]1OC(C)=O.CC(=O)OC[C@H]1O[C@@H]([n+]2cccc(C(=O)[O-])c2)[C@H](OC(C)=O)[C@@H]1OC(C)=O.CC(=O)OC[C@H]1O[C@@H]([n+]2cccc(C(C)=O)c2)[C@H](OC(C)=O)[C@@H]1OC(C)=O.[Cl-]. The first-order valence-electron chi connectivity index (χ1n) is 24.6. The van der Waals surface area contributed by atoms with Gasteiger partial charge >= 0.3 is 66.2 Å². The highest BCUT2D eigenvalue weighted by atomic mass is 35.5. The van der Waals surface area contributed by atoms with Gasteiger partial charge in [-0.1, -0.05) is 6.08 Å². The van der Waals surface area contributed by atoms with E-state index >= 15 is 0 Å². The van der Waals surface area contributed by atoms with E-state index in [0.29, 0.717) is 17.6 Å². The lowest BCUT2D eigenvalue weighted by Crippen LogP contribution is -3.00. The number of allylic oxidation sites excluding steroid dienone is 1. The van der Waals surface area contributed by atoms with Crippen molar-refractivity contribution >= 4 is 71.4 Å². The highest BCUT2D eigenvalue weighted by Gasteiger charge is 2.56. The minimum absolute atomic E-state index is 0. The maximum atomic E-state index is 11.7. The van der Waals surface area contributed by atoms with Crippen LogP contribution in [-0.4, -0.2) is 157 Å². The summed E-state index contributed by atoms with van der Waals surface area (Å²) in [6, 6.07) is 6.04. The third-order valence-corrected chi connectivity index (χ3v) is 11.4. The van der Waals surface area contributed by atoms with Gasteiger partial charge in [-0.25, -0.2) is 0 Å². The van der Waals surface area contributed by atoms with Crippen LogP contribution in [-0.2, 0) is 105 Å². The van der Waals surface area contributed by atoms with Crippen LogP contribution in [0.4, 0.5) is 0 Å². The van der Waals surface area contributed by atoms with E-state index < -0.39 is 139 Å². The van der Waals surface area contributed by atoms with Gasteiger partial charge in [-0.05, 0) is 25.5 Å². The number of rotatable bonds is 18. The molecule has 6 heterocycles. The maximum absolute atomic E-state index is 11.7. The quantitative estimate of drug-likeness (QED) is 0.0641. The Hall–Kier alpha value is -8.41. The molecular weight excluding hydrogens is 1120 g/mol. The predicted octanol–water partition coefficient (Wildman–Crippen LogP) is -4.11. The Balaban J connectivity index is 0.000000321. The van der Waals surface area contributed by atoms with Crippen LogP contribution in [0.25, 0.3) is 0 Å². The number of esters is 9. The zero-order valence-corrected chi connectivity index (χ0v) is 46.9. The molecule has 6 rings (SSSR count). The van der Waals surface area contributed by atoms with Gasteiger partial charge < -0.3 is 89.8 Å². The fraction of sp³-hybridized carbons (Fsp3) is 0.500. The van der Waals surface area contributed by atoms with Crippen molar-refractivity contribution in [3.63, 3.8) is 0 Å². The monoisotopic (exact) mass is 1180 g/mol. The lowest BCUT2D eigenvalue weighted by molar-refractivity contribution is -0.765. The number of hydrogen-bond acceptors (Lipinski definition) is 26. The summed E-state index contributed by atoms with van der Waals surface area (Å²) >= 11 is 0. The Bertz CT molecular complexity index is 2640. The standard InChI is InChI=1S/C18H22NO8.C17H22N2O8.C17H19NO9.ClH/c1-10(20)14-6-5-7-19(8-14)18-17(26-13(4)23)16(25-12(3)22)15(27-18)9-24-11(2)21;1-9(20)24-8-13-14(25-10(2)21)15(26-11(3)22)17(27-13)19-6-4-5-12(7-19)16(18)23;1-9(19)24-8-13-14(25-10(2)20)15(26-11(3)21)16(27-13)18-6-4-5-12(7-18)17(22)23;/h5-8,15-18H,9H2,1-4H3;4,6-7,13-15,17H,5,8H2,1-3H3,(H2,18,23);4-7,13-16H,8H2,1-3H3;1H/q+1;;;/p-1/t15-,16-,17-,18-;13-,14-,15-,17-;13-,14-,15-,16-;/m111./s1. The summed E-state index contributed by atoms with van der Waals surface area (Å²) in [6.07, 6.45) is -0.535. The van der Waals surface area contributed by atoms with Gasteiger partial charge in [0.1, 0.15) is 38.1 Å². The van der Waals surface area contributed by atoms with Crippen molar-refractivity contribution in [1.82, 2.24) is 4.90 Å². The van der Waals surface area contributed by atoms with Gasteiger partial charge in [-0.3, -0.25) is 52.7 Å². The molecule has 0 radical (unpaired) electrons. The van der Waals surface area contributed by atoms with E-state index in [0.717, 1.165) is 0 Å². The Morgan fingerprint density at radius 3 is 1.24 bits per heavy atom. The zero-order valence-electron chi connectivity index (χ0n) is 46.1. The second-order valence-electron chi connectivity index (χ2n) is 18.0. The first-order chi connectivity index (χ1) is 38.1. The average molecular weight is 1180 g/mol. The number of aromatic nitrogens is 2. The number of nitrogens with two attached hydrogens (primary N) is 1. The molecule has 0 unspecified atom stereocenters. The highest BCUT2D eigenvalue weighted by Crippen LogP contribution is 2.34. The molecule has 4 aliphatic heterocycles. The summed E-state index contributed by atoms with van der Waals surface area (Å²) in [5, 5.41) is 11.1. The Labute approximate surface area is 475 Å². The molecule has 82 heavy (non-hydrogen) atoms. The van der Waals surface area contributed by atoms with E-state index in [1.807, 2.05) is 0 Å². The number of primary amides is 1. The van der Waals surface area contributed by atoms with E-state index in [1.165, 1.54) is 109 Å². The fourth-order valence-electron chi connectivity index (χ4n) is 8.33. The van der Waals surface area contributed by atoms with Crippen molar-refractivity contribution in [1.29, 1.82) is 0 Å². The number of carboxylic acid groups (broad SMARTS) is 1. The lowest BCUT2D eigenvalue weighted by atomic mass is 10.1. The summed E-state index contributed by atoms with van der Waals surface area (Å²) in [4.78, 5) is 138. The van der Waals surface area contributed by atoms with Gasteiger partial charge in [0.25, 0.3) is 0 Å². The van der Waals surface area contributed by atoms with Crippen molar-refractivity contribution in [2.24, 2.45) is 5.73 Å². The topological polar surface area (TPSA) is 376 Å². The van der Waals surface area contributed by atoms with Gasteiger partial charge in [0.05, 0.1) is 17.1 Å². The second kappa shape index (κ2) is 31.6. The number of carbonyl (C=O) groups excluding carboxylic acids is 12. The number of aromatic carboxylic acids is 1. The molecule has 1 amide bonds. The molecule has 3 saturated heterocycles. The smallest absolute Gasteiger partial charge is 0.304 e. The number of amides is 1. The Morgan fingerprint density at radius 2 is 0.878 bits per heavy atom. The van der Waals surface area contributed by atoms with Crippen LogP contribution >= 0.6 is 0 Å². The summed E-state index contributed by atoms with van der Waals surface area (Å²) in [7, 11) is 0. The van der Waals surface area contributed by atoms with Crippen LogP contribution in [0.3, 0.4) is 0 Å². The first kappa shape index (κ1) is 67.9. The molecule has 0 aliphatic carbocycles. The average Bonchev–Trinajstić information content (AvgIpc) is 4.24. The van der Waals surface area contributed by atoms with Gasteiger partial charge in [0, 0.05) is 92.4 Å². The van der Waals surface area contributed by atoms with Crippen molar-refractivity contribution in [3.8, 4) is 0 Å². The van der Waals surface area contributed by atoms with Crippen molar-refractivity contribution in [2.45, 2.75) is 149 Å². The van der Waals surface area contributed by atoms with Crippen molar-refractivity contribution in [2.75, 3.05) is 19.8 Å². The predicted molar refractivity (Wildman–Crippen MR) is 260 cm³/mol. The minimum Gasteiger partial charge on any atom is -1.00 e. The summed E-state index contributed by atoms with van der Waals surface area (Å²) < 4.78 is 67.0. The number of hydrogen-bond donors (Lipinski definition) is 1. The molecule has 2 N–H and O–H groups in total. The largest absolute Gasteiger partial charge is 1.00 e. The molecular formula is C52H63ClN4O25. The molecule has 0 saturated carbocycles. The minimum atomic E-state index is -1.40. The number of carboxylic acids is 1. The molecule has 3 fully saturated rings. The highest BCUT2D eigenvalue weighted by molar-refractivity contribution is 5.93. The van der Waals surface area contributed by atoms with E-state index in [4.69, 9.17) is 62.6 Å². The maximum Gasteiger partial charge on any atom is 0.304 e. The second-order valence-corrected chi connectivity index (χ2v) is 18.0. The molecule has 4 aliphatic rings. The third-order valence-electron chi connectivity index (χ3n) is 11.4. The normalized spacial score (nSPS) is 24.8. The van der Waals surface area contributed by atoms with Gasteiger partial charge in [-0.2, -0.15) is 9.13 Å². The molecule has 12 atom stereocenters. The molecule has 2 aromatic rings. The molecule has 0 spiro atoms. The third kappa shape index (κ3) is 20.3. The van der Waals surface area contributed by atoms with Crippen molar-refractivity contribution < 1.29 is 141 Å². The Morgan fingerprint density at radius 1 is 0.524 bits per heavy atom. The molecule has 2 aromatic heterocycles. The number of ketones is 1. The summed E-state index contributed by atoms with van der Waals surface area (Å²) in [5.41, 5.74) is 5.95. The molecule has 0 aromatic carbocycles. The molecule has 0 bridgehead atoms. The molecule has 30 heteroatoms. The number of pyridine rings is 2. The van der Waals surface area contributed by atoms with E-state index in [2.05, 4.69) is 0 Å². The summed E-state index contributed by atoms with van der Waals surface area (Å²) in [5.74, 6) is -7.52. The first-order valence-corrected chi connectivity index (χ1v) is 24.6. The van der Waals surface area contributed by atoms with Crippen LogP contribution in [0.5, 0.6) is 0 Å². The van der Waals surface area contributed by atoms with Crippen LogP contribution in [0, 0.1) is 0 Å². The van der Waals surface area contributed by atoms with Crippen LogP contribution in [0.1, 0.15) is 109 Å². The van der Waals surface area contributed by atoms with E-state index in [1.54, 1.807) is 41.4 Å². The molecule has 29 nitrogen and oxygen atoms in total. The number of halogens is 1. The van der Waals surface area contributed by atoms with E-state index in [9.17, 15) is 62.6 Å². The number of carbonyl (C=O) groups is 12. The fourth-order valence-corrected chi connectivity index (χ4v) is 8.33. The Kier molecular flexibility index (Phi) is 26.1.